The van der Waals surface area contributed by atoms with Crippen molar-refractivity contribution in [3.8, 4) is 22.6 Å². The standard InChI is InChI=1S/C23H17N3O2S2/c1-15-13-29-22-24-18(12-19(27)26(15)22)14-30-23-25-20(16-8-4-2-5-9-16)21(28-23)17-10-6-3-7-11-17/h2-13H,14H2,1H3. The van der Waals surface area contributed by atoms with Crippen LogP contribution >= 0.6 is 23.1 Å². The van der Waals surface area contributed by atoms with Gasteiger partial charge in [-0.1, -0.05) is 72.4 Å². The minimum atomic E-state index is -0.0586. The van der Waals surface area contributed by atoms with E-state index in [0.717, 1.165) is 28.3 Å². The van der Waals surface area contributed by atoms with Crippen molar-refractivity contribution in [2.75, 3.05) is 0 Å². The van der Waals surface area contributed by atoms with E-state index in [9.17, 15) is 4.79 Å². The number of aryl methyl sites for hydroxylation is 1. The molecule has 3 aromatic heterocycles. The minimum absolute atomic E-state index is 0.0586. The third-order valence-corrected chi connectivity index (χ3v) is 6.47. The maximum Gasteiger partial charge on any atom is 0.258 e. The number of thiazole rings is 1. The van der Waals surface area contributed by atoms with Gasteiger partial charge in [-0.3, -0.25) is 9.20 Å². The van der Waals surface area contributed by atoms with E-state index in [0.29, 0.717) is 21.6 Å². The Morgan fingerprint density at radius 2 is 1.70 bits per heavy atom. The van der Waals surface area contributed by atoms with Crippen molar-refractivity contribution >= 4 is 28.1 Å². The molecule has 0 radical (unpaired) electrons. The molecule has 0 saturated carbocycles. The molecule has 0 N–H and O–H groups in total. The summed E-state index contributed by atoms with van der Waals surface area (Å²) < 4.78 is 7.77. The fraction of sp³-hybridized carbons (Fsp3) is 0.0870. The number of benzene rings is 2. The number of aromatic nitrogens is 3. The van der Waals surface area contributed by atoms with Gasteiger partial charge >= 0.3 is 0 Å². The Kier molecular flexibility index (Phi) is 4.98. The number of hydrogen-bond donors (Lipinski definition) is 0. The highest BCUT2D eigenvalue weighted by molar-refractivity contribution is 7.98. The SMILES string of the molecule is Cc1csc2nc(CSc3nc(-c4ccccc4)c(-c4ccccc4)o3)cc(=O)n12. The Morgan fingerprint density at radius 3 is 2.43 bits per heavy atom. The van der Waals surface area contributed by atoms with Gasteiger partial charge in [0.15, 0.2) is 10.7 Å². The molecule has 0 saturated heterocycles. The summed E-state index contributed by atoms with van der Waals surface area (Å²) in [6, 6.07) is 21.5. The maximum atomic E-state index is 12.4. The maximum absolute atomic E-state index is 12.4. The molecule has 5 rings (SSSR count). The van der Waals surface area contributed by atoms with Crippen LogP contribution in [0.4, 0.5) is 0 Å². The Balaban J connectivity index is 1.48. The first-order valence-corrected chi connectivity index (χ1v) is 11.3. The van der Waals surface area contributed by atoms with Crippen molar-refractivity contribution in [2.24, 2.45) is 0 Å². The lowest BCUT2D eigenvalue weighted by Crippen LogP contribution is -2.14. The smallest absolute Gasteiger partial charge is 0.258 e. The molecule has 0 atom stereocenters. The Hall–Kier alpha value is -3.16. The predicted molar refractivity (Wildman–Crippen MR) is 121 cm³/mol. The van der Waals surface area contributed by atoms with E-state index in [2.05, 4.69) is 4.98 Å². The summed E-state index contributed by atoms with van der Waals surface area (Å²) in [5.74, 6) is 1.24. The third kappa shape index (κ3) is 3.58. The quantitative estimate of drug-likeness (QED) is 0.335. The van der Waals surface area contributed by atoms with Crippen LogP contribution in [0.3, 0.4) is 0 Å². The number of fused-ring (bicyclic) bond motifs is 1. The summed E-state index contributed by atoms with van der Waals surface area (Å²) in [5.41, 5.74) is 4.34. The van der Waals surface area contributed by atoms with E-state index in [1.54, 1.807) is 10.5 Å². The Labute approximate surface area is 181 Å². The fourth-order valence-corrected chi connectivity index (χ4v) is 4.86. The van der Waals surface area contributed by atoms with Gasteiger partial charge in [0.1, 0.15) is 5.69 Å². The fourth-order valence-electron chi connectivity index (χ4n) is 3.25. The number of oxazole rings is 1. The molecule has 5 aromatic rings. The molecule has 148 valence electrons. The summed E-state index contributed by atoms with van der Waals surface area (Å²) in [4.78, 5) is 22.5. The average Bonchev–Trinajstić information content (AvgIpc) is 3.38. The largest absolute Gasteiger partial charge is 0.431 e. The Morgan fingerprint density at radius 1 is 1.00 bits per heavy atom. The van der Waals surface area contributed by atoms with E-state index in [1.807, 2.05) is 73.0 Å². The van der Waals surface area contributed by atoms with Gasteiger partial charge in [-0.05, 0) is 6.92 Å². The van der Waals surface area contributed by atoms with Gasteiger partial charge in [0.25, 0.3) is 10.8 Å². The lowest BCUT2D eigenvalue weighted by atomic mass is 10.1. The first-order valence-electron chi connectivity index (χ1n) is 9.40. The van der Waals surface area contributed by atoms with E-state index < -0.39 is 0 Å². The summed E-state index contributed by atoms with van der Waals surface area (Å²) in [6.45, 7) is 1.91. The average molecular weight is 432 g/mol. The highest BCUT2D eigenvalue weighted by Gasteiger charge is 2.17. The van der Waals surface area contributed by atoms with Crippen LogP contribution in [0.25, 0.3) is 27.5 Å². The van der Waals surface area contributed by atoms with Crippen molar-refractivity contribution in [1.82, 2.24) is 14.4 Å². The van der Waals surface area contributed by atoms with Crippen molar-refractivity contribution in [2.45, 2.75) is 17.9 Å². The first-order chi connectivity index (χ1) is 14.7. The molecule has 0 amide bonds. The van der Waals surface area contributed by atoms with Crippen LogP contribution in [-0.2, 0) is 5.75 Å². The van der Waals surface area contributed by atoms with Crippen molar-refractivity contribution in [3.05, 3.63) is 93.9 Å². The van der Waals surface area contributed by atoms with Gasteiger partial charge < -0.3 is 4.42 Å². The molecular weight excluding hydrogens is 414 g/mol. The van der Waals surface area contributed by atoms with Gasteiger partial charge in [-0.2, -0.15) is 0 Å². The second-order valence-electron chi connectivity index (χ2n) is 6.76. The molecule has 30 heavy (non-hydrogen) atoms. The van der Waals surface area contributed by atoms with Gasteiger partial charge in [-0.25, -0.2) is 9.97 Å². The van der Waals surface area contributed by atoms with Gasteiger partial charge in [0, 0.05) is 34.0 Å². The van der Waals surface area contributed by atoms with Crippen LogP contribution in [0.1, 0.15) is 11.4 Å². The normalized spacial score (nSPS) is 11.2. The first kappa shape index (κ1) is 18.8. The molecule has 7 heteroatoms. The van der Waals surface area contributed by atoms with Crippen LogP contribution in [0, 0.1) is 6.92 Å². The molecule has 0 spiro atoms. The molecule has 5 nitrogen and oxygen atoms in total. The molecular formula is C23H17N3O2S2. The molecule has 0 aliphatic heterocycles. The van der Waals surface area contributed by atoms with Gasteiger partial charge in [0.2, 0.25) is 0 Å². The molecule has 2 aromatic carbocycles. The highest BCUT2D eigenvalue weighted by Crippen LogP contribution is 2.36. The monoisotopic (exact) mass is 431 g/mol. The topological polar surface area (TPSA) is 60.4 Å². The second kappa shape index (κ2) is 7.93. The van der Waals surface area contributed by atoms with E-state index >= 15 is 0 Å². The second-order valence-corrected chi connectivity index (χ2v) is 8.52. The zero-order valence-electron chi connectivity index (χ0n) is 16.1. The predicted octanol–water partition coefficient (Wildman–Crippen LogP) is 5.68. The number of nitrogens with zero attached hydrogens (tertiary/aromatic N) is 3. The van der Waals surface area contributed by atoms with Crippen LogP contribution in [-0.4, -0.2) is 14.4 Å². The zero-order chi connectivity index (χ0) is 20.5. The third-order valence-electron chi connectivity index (χ3n) is 4.66. The van der Waals surface area contributed by atoms with E-state index in [-0.39, 0.29) is 5.56 Å². The summed E-state index contributed by atoms with van der Waals surface area (Å²) in [5, 5.41) is 2.49. The van der Waals surface area contributed by atoms with Crippen LogP contribution in [0.5, 0.6) is 0 Å². The minimum Gasteiger partial charge on any atom is -0.431 e. The molecule has 3 heterocycles. The number of thioether (sulfide) groups is 1. The number of rotatable bonds is 5. The van der Waals surface area contributed by atoms with Crippen LogP contribution in [0.2, 0.25) is 0 Å². The lowest BCUT2D eigenvalue weighted by molar-refractivity contribution is 0.466. The molecule has 0 aliphatic carbocycles. The number of hydrogen-bond acceptors (Lipinski definition) is 6. The van der Waals surface area contributed by atoms with Crippen molar-refractivity contribution in [3.63, 3.8) is 0 Å². The van der Waals surface area contributed by atoms with Gasteiger partial charge in [0.05, 0.1) is 5.69 Å². The summed E-state index contributed by atoms with van der Waals surface area (Å²) in [6.07, 6.45) is 0. The van der Waals surface area contributed by atoms with Crippen molar-refractivity contribution in [1.29, 1.82) is 0 Å². The van der Waals surface area contributed by atoms with Crippen molar-refractivity contribution < 1.29 is 4.42 Å². The lowest BCUT2D eigenvalue weighted by Gasteiger charge is -2.00. The van der Waals surface area contributed by atoms with E-state index in [4.69, 9.17) is 9.40 Å². The summed E-state index contributed by atoms with van der Waals surface area (Å²) in [7, 11) is 0. The molecule has 0 fully saturated rings. The van der Waals surface area contributed by atoms with Crippen LogP contribution < -0.4 is 5.56 Å². The zero-order valence-corrected chi connectivity index (χ0v) is 17.7. The Bertz CT molecular complexity index is 1320. The molecule has 0 unspecified atom stereocenters. The summed E-state index contributed by atoms with van der Waals surface area (Å²) >= 11 is 2.91. The van der Waals surface area contributed by atoms with E-state index in [1.165, 1.54) is 23.1 Å². The van der Waals surface area contributed by atoms with Crippen LogP contribution in [0.15, 0.2) is 86.5 Å². The molecule has 0 aliphatic rings. The van der Waals surface area contributed by atoms with Gasteiger partial charge in [-0.15, -0.1) is 11.3 Å². The highest BCUT2D eigenvalue weighted by atomic mass is 32.2. The molecule has 0 bridgehead atoms.